The van der Waals surface area contributed by atoms with Crippen molar-refractivity contribution < 1.29 is 9.47 Å². The Bertz CT molecular complexity index is 201. The molecule has 0 heterocycles. The third-order valence-corrected chi connectivity index (χ3v) is 3.40. The fourth-order valence-electron chi connectivity index (χ4n) is 1.71. The number of hydrogen-bond acceptors (Lipinski definition) is 3. The molecule has 0 aliphatic heterocycles. The first-order valence-electron chi connectivity index (χ1n) is 7.15. The first-order valence-corrected chi connectivity index (χ1v) is 7.15. The van der Waals surface area contributed by atoms with Gasteiger partial charge in [0.05, 0.1) is 13.2 Å². The summed E-state index contributed by atoms with van der Waals surface area (Å²) in [6.07, 6.45) is 3.54. The van der Waals surface area contributed by atoms with Gasteiger partial charge in [-0.15, -0.1) is 0 Å². The maximum Gasteiger partial charge on any atom is 0.0700 e. The average molecular weight is 259 g/mol. The fraction of sp³-hybridized carbons (Fsp3) is 1.00. The lowest BCUT2D eigenvalue weighted by Gasteiger charge is -2.33. The summed E-state index contributed by atoms with van der Waals surface area (Å²) in [5, 5.41) is 3.61. The lowest BCUT2D eigenvalue weighted by Crippen LogP contribution is -2.42. The molecule has 0 spiro atoms. The number of methoxy groups -OCH3 is 1. The van der Waals surface area contributed by atoms with Crippen LogP contribution in [0.3, 0.4) is 0 Å². The highest BCUT2D eigenvalue weighted by atomic mass is 16.5. The first-order chi connectivity index (χ1) is 8.33. The third-order valence-electron chi connectivity index (χ3n) is 3.40. The second-order valence-electron chi connectivity index (χ2n) is 6.48. The predicted molar refractivity (Wildman–Crippen MR) is 78.1 cm³/mol. The molecule has 0 bridgehead atoms. The summed E-state index contributed by atoms with van der Waals surface area (Å²) in [6, 6.07) is 0. The summed E-state index contributed by atoms with van der Waals surface area (Å²) in [5.74, 6) is 0. The highest BCUT2D eigenvalue weighted by molar-refractivity contribution is 4.80. The van der Waals surface area contributed by atoms with Crippen LogP contribution in [0.1, 0.15) is 53.9 Å². The van der Waals surface area contributed by atoms with Crippen LogP contribution in [0.2, 0.25) is 0 Å². The Labute approximate surface area is 114 Å². The Balaban J connectivity index is 3.79. The summed E-state index contributed by atoms with van der Waals surface area (Å²) in [4.78, 5) is 0. The molecule has 0 aliphatic carbocycles. The molecule has 0 aromatic rings. The normalized spacial score (nSPS) is 15.7. The largest absolute Gasteiger partial charge is 0.382 e. The van der Waals surface area contributed by atoms with Crippen molar-refractivity contribution in [3.8, 4) is 0 Å². The molecule has 110 valence electrons. The fourth-order valence-corrected chi connectivity index (χ4v) is 1.71. The van der Waals surface area contributed by atoms with Gasteiger partial charge in [0.15, 0.2) is 0 Å². The molecule has 1 atom stereocenters. The number of hydrogen-bond donors (Lipinski definition) is 1. The van der Waals surface area contributed by atoms with Crippen molar-refractivity contribution >= 4 is 0 Å². The Morgan fingerprint density at radius 3 is 2.17 bits per heavy atom. The van der Waals surface area contributed by atoms with Crippen LogP contribution in [-0.2, 0) is 9.47 Å². The number of rotatable bonds is 10. The van der Waals surface area contributed by atoms with E-state index in [1.807, 2.05) is 0 Å². The van der Waals surface area contributed by atoms with Crippen molar-refractivity contribution in [2.75, 3.05) is 33.5 Å². The zero-order valence-corrected chi connectivity index (χ0v) is 13.3. The van der Waals surface area contributed by atoms with Crippen LogP contribution in [-0.4, -0.2) is 39.0 Å². The molecule has 3 heteroatoms. The van der Waals surface area contributed by atoms with Gasteiger partial charge < -0.3 is 14.8 Å². The molecule has 18 heavy (non-hydrogen) atoms. The van der Waals surface area contributed by atoms with Gasteiger partial charge in [0.2, 0.25) is 0 Å². The smallest absolute Gasteiger partial charge is 0.0700 e. The minimum Gasteiger partial charge on any atom is -0.382 e. The van der Waals surface area contributed by atoms with E-state index in [-0.39, 0.29) is 5.54 Å². The Morgan fingerprint density at radius 1 is 1.00 bits per heavy atom. The van der Waals surface area contributed by atoms with E-state index in [0.717, 1.165) is 19.6 Å². The number of ether oxygens (including phenoxy) is 2. The van der Waals surface area contributed by atoms with Crippen molar-refractivity contribution in [2.45, 2.75) is 59.4 Å². The second kappa shape index (κ2) is 8.89. The molecule has 1 unspecified atom stereocenters. The SMILES string of the molecule is CCC(C)(CCCOCCOC)CNC(C)(C)C. The summed E-state index contributed by atoms with van der Waals surface area (Å²) in [5.41, 5.74) is 0.573. The van der Waals surface area contributed by atoms with Gasteiger partial charge >= 0.3 is 0 Å². The summed E-state index contributed by atoms with van der Waals surface area (Å²) < 4.78 is 10.5. The van der Waals surface area contributed by atoms with E-state index >= 15 is 0 Å². The molecule has 3 nitrogen and oxygen atoms in total. The van der Waals surface area contributed by atoms with E-state index in [0.29, 0.717) is 18.6 Å². The van der Waals surface area contributed by atoms with Crippen LogP contribution in [0.25, 0.3) is 0 Å². The Kier molecular flexibility index (Phi) is 8.83. The van der Waals surface area contributed by atoms with E-state index in [4.69, 9.17) is 9.47 Å². The maximum atomic E-state index is 5.51. The zero-order valence-electron chi connectivity index (χ0n) is 13.3. The van der Waals surface area contributed by atoms with E-state index in [1.165, 1.54) is 12.8 Å². The van der Waals surface area contributed by atoms with Gasteiger partial charge in [0.25, 0.3) is 0 Å². The van der Waals surface area contributed by atoms with Gasteiger partial charge in [-0.1, -0.05) is 13.8 Å². The molecular weight excluding hydrogens is 226 g/mol. The molecule has 1 N–H and O–H groups in total. The molecule has 0 radical (unpaired) electrons. The standard InChI is InChI=1S/C15H33NO2/c1-7-15(5,13-16-14(2,3)4)9-8-10-18-12-11-17-6/h16H,7-13H2,1-6H3. The molecule has 0 saturated carbocycles. The zero-order chi connectivity index (χ0) is 14.1. The van der Waals surface area contributed by atoms with Gasteiger partial charge in [0.1, 0.15) is 0 Å². The maximum absolute atomic E-state index is 5.51. The molecule has 0 amide bonds. The van der Waals surface area contributed by atoms with Crippen molar-refractivity contribution in [2.24, 2.45) is 5.41 Å². The van der Waals surface area contributed by atoms with Gasteiger partial charge in [0, 0.05) is 25.8 Å². The average Bonchev–Trinajstić information content (AvgIpc) is 2.30. The quantitative estimate of drug-likeness (QED) is 0.611. The minimum atomic E-state index is 0.200. The summed E-state index contributed by atoms with van der Waals surface area (Å²) in [6.45, 7) is 14.6. The molecule has 0 rings (SSSR count). The lowest BCUT2D eigenvalue weighted by molar-refractivity contribution is 0.0634. The lowest BCUT2D eigenvalue weighted by atomic mass is 9.82. The van der Waals surface area contributed by atoms with Crippen molar-refractivity contribution in [1.82, 2.24) is 5.32 Å². The van der Waals surface area contributed by atoms with Crippen molar-refractivity contribution in [1.29, 1.82) is 0 Å². The predicted octanol–water partition coefficient (Wildman–Crippen LogP) is 3.23. The van der Waals surface area contributed by atoms with Crippen LogP contribution in [0.5, 0.6) is 0 Å². The van der Waals surface area contributed by atoms with Gasteiger partial charge in [-0.2, -0.15) is 0 Å². The highest BCUT2D eigenvalue weighted by Crippen LogP contribution is 2.27. The van der Waals surface area contributed by atoms with E-state index in [2.05, 4.69) is 39.9 Å². The molecule has 0 saturated heterocycles. The molecule has 0 fully saturated rings. The summed E-state index contributed by atoms with van der Waals surface area (Å²) in [7, 11) is 1.70. The van der Waals surface area contributed by atoms with E-state index in [9.17, 15) is 0 Å². The van der Waals surface area contributed by atoms with Gasteiger partial charge in [-0.25, -0.2) is 0 Å². The molecule has 0 aliphatic rings. The van der Waals surface area contributed by atoms with Crippen molar-refractivity contribution in [3.05, 3.63) is 0 Å². The molecular formula is C15H33NO2. The Morgan fingerprint density at radius 2 is 1.67 bits per heavy atom. The summed E-state index contributed by atoms with van der Waals surface area (Å²) >= 11 is 0. The highest BCUT2D eigenvalue weighted by Gasteiger charge is 2.23. The van der Waals surface area contributed by atoms with E-state index < -0.39 is 0 Å². The van der Waals surface area contributed by atoms with Crippen LogP contribution in [0, 0.1) is 5.41 Å². The second-order valence-corrected chi connectivity index (χ2v) is 6.48. The minimum absolute atomic E-state index is 0.200. The monoisotopic (exact) mass is 259 g/mol. The molecule has 0 aromatic heterocycles. The number of nitrogens with one attached hydrogen (secondary N) is 1. The van der Waals surface area contributed by atoms with E-state index in [1.54, 1.807) is 7.11 Å². The van der Waals surface area contributed by atoms with Crippen LogP contribution < -0.4 is 5.32 Å². The van der Waals surface area contributed by atoms with Crippen LogP contribution in [0.4, 0.5) is 0 Å². The topological polar surface area (TPSA) is 30.5 Å². The van der Waals surface area contributed by atoms with Gasteiger partial charge in [-0.05, 0) is 45.4 Å². The first kappa shape index (κ1) is 17.9. The van der Waals surface area contributed by atoms with Crippen LogP contribution in [0.15, 0.2) is 0 Å². The molecule has 0 aromatic carbocycles. The third kappa shape index (κ3) is 9.86. The van der Waals surface area contributed by atoms with Crippen molar-refractivity contribution in [3.63, 3.8) is 0 Å². The van der Waals surface area contributed by atoms with Gasteiger partial charge in [-0.3, -0.25) is 0 Å². The van der Waals surface area contributed by atoms with Crippen LogP contribution >= 0.6 is 0 Å². The Hall–Kier alpha value is -0.120.